The molecule has 2 amide bonds. The molecule has 3 N–H and O–H groups in total. The summed E-state index contributed by atoms with van der Waals surface area (Å²) in [4.78, 5) is 30.0. The molecule has 0 atom stereocenters. The van der Waals surface area contributed by atoms with E-state index >= 15 is 0 Å². The summed E-state index contributed by atoms with van der Waals surface area (Å²) in [6.45, 7) is 0.140. The van der Waals surface area contributed by atoms with Gasteiger partial charge in [-0.3, -0.25) is 25.3 Å². The Hall–Kier alpha value is -2.73. The third kappa shape index (κ3) is 2.48. The molecular formula is C15H14N4O2. The molecule has 6 nitrogen and oxygen atoms in total. The molecule has 2 aromatic rings. The zero-order valence-electron chi connectivity index (χ0n) is 11.2. The molecule has 106 valence electrons. The highest BCUT2D eigenvalue weighted by molar-refractivity contribution is 6.09. The molecule has 0 saturated heterocycles. The lowest BCUT2D eigenvalue weighted by atomic mass is 9.98. The zero-order valence-corrected chi connectivity index (χ0v) is 11.2. The summed E-state index contributed by atoms with van der Waals surface area (Å²) in [5.41, 5.74) is 5.14. The van der Waals surface area contributed by atoms with E-state index in [1.807, 2.05) is 6.07 Å². The largest absolute Gasteiger partial charge is 0.324 e. The lowest BCUT2D eigenvalue weighted by Crippen LogP contribution is -2.41. The molecule has 0 radical (unpaired) electrons. The van der Waals surface area contributed by atoms with Crippen LogP contribution in [0.15, 0.2) is 42.6 Å². The number of nitrogens with one attached hydrogen (secondary N) is 1. The van der Waals surface area contributed by atoms with Crippen LogP contribution in [-0.4, -0.2) is 21.7 Å². The van der Waals surface area contributed by atoms with Gasteiger partial charge in [0, 0.05) is 11.8 Å². The van der Waals surface area contributed by atoms with Crippen molar-refractivity contribution >= 4 is 17.5 Å². The van der Waals surface area contributed by atoms with E-state index in [1.54, 1.807) is 36.5 Å². The maximum Gasteiger partial charge on any atom is 0.261 e. The van der Waals surface area contributed by atoms with Gasteiger partial charge in [0.1, 0.15) is 0 Å². The molecule has 3 rings (SSSR count). The molecule has 0 unspecified atom stereocenters. The number of benzene rings is 1. The van der Waals surface area contributed by atoms with Crippen LogP contribution in [0.5, 0.6) is 0 Å². The maximum atomic E-state index is 12.4. The third-order valence-corrected chi connectivity index (χ3v) is 3.44. The summed E-state index contributed by atoms with van der Waals surface area (Å²) in [6, 6.07) is 10.6. The third-order valence-electron chi connectivity index (χ3n) is 3.44. The summed E-state index contributed by atoms with van der Waals surface area (Å²) in [5, 5.41) is 0. The summed E-state index contributed by atoms with van der Waals surface area (Å²) in [5.74, 6) is 4.85. The van der Waals surface area contributed by atoms with Crippen LogP contribution in [0, 0.1) is 0 Å². The average molecular weight is 282 g/mol. The van der Waals surface area contributed by atoms with E-state index in [9.17, 15) is 9.59 Å². The fourth-order valence-electron chi connectivity index (χ4n) is 2.38. The fourth-order valence-corrected chi connectivity index (χ4v) is 2.38. The van der Waals surface area contributed by atoms with Crippen molar-refractivity contribution in [3.8, 4) is 0 Å². The van der Waals surface area contributed by atoms with Crippen LogP contribution in [-0.2, 0) is 17.8 Å². The number of aromatic nitrogens is 1. The molecule has 0 saturated carbocycles. The first kappa shape index (κ1) is 13.3. The molecule has 1 aromatic carbocycles. The van der Waals surface area contributed by atoms with Gasteiger partial charge in [-0.05, 0) is 23.8 Å². The number of carbonyl (C=O) groups excluding carboxylic acids is 2. The smallest absolute Gasteiger partial charge is 0.261 e. The van der Waals surface area contributed by atoms with E-state index in [2.05, 4.69) is 10.4 Å². The lowest BCUT2D eigenvalue weighted by Gasteiger charge is -2.26. The number of nitrogen functional groups attached to an aromatic ring is 1. The molecule has 0 bridgehead atoms. The Kier molecular flexibility index (Phi) is 3.37. The topological polar surface area (TPSA) is 88.3 Å². The number of pyridine rings is 1. The molecule has 1 aliphatic heterocycles. The summed E-state index contributed by atoms with van der Waals surface area (Å²) >= 11 is 0. The Morgan fingerprint density at radius 1 is 1.24 bits per heavy atom. The minimum Gasteiger partial charge on any atom is -0.324 e. The number of rotatable bonds is 3. The predicted molar refractivity (Wildman–Crippen MR) is 77.1 cm³/mol. The molecule has 1 aliphatic rings. The second-order valence-electron chi connectivity index (χ2n) is 4.80. The highest BCUT2D eigenvalue weighted by Gasteiger charge is 2.30. The van der Waals surface area contributed by atoms with Crippen LogP contribution in [0.3, 0.4) is 0 Å². The average Bonchev–Trinajstić information content (AvgIpc) is 2.51. The Bertz CT molecular complexity index is 714. The molecule has 1 aromatic heterocycles. The number of anilines is 1. The van der Waals surface area contributed by atoms with Gasteiger partial charge < -0.3 is 5.43 Å². The molecule has 0 aliphatic carbocycles. The van der Waals surface area contributed by atoms with Gasteiger partial charge in [-0.25, -0.2) is 0 Å². The Morgan fingerprint density at radius 3 is 2.86 bits per heavy atom. The van der Waals surface area contributed by atoms with E-state index in [0.717, 1.165) is 5.56 Å². The minimum absolute atomic E-state index is 0.140. The van der Waals surface area contributed by atoms with Gasteiger partial charge in [0.2, 0.25) is 5.91 Å². The van der Waals surface area contributed by atoms with Gasteiger partial charge in [-0.1, -0.05) is 18.2 Å². The van der Waals surface area contributed by atoms with Crippen molar-refractivity contribution in [3.05, 3.63) is 59.4 Å². The highest BCUT2D eigenvalue weighted by Crippen LogP contribution is 2.21. The number of hydrogen-bond acceptors (Lipinski definition) is 5. The summed E-state index contributed by atoms with van der Waals surface area (Å²) < 4.78 is 0. The second kappa shape index (κ2) is 5.34. The number of hydrazine groups is 1. The van der Waals surface area contributed by atoms with E-state index in [-0.39, 0.29) is 24.8 Å². The number of fused-ring (bicyclic) bond motifs is 1. The lowest BCUT2D eigenvalue weighted by molar-refractivity contribution is -0.128. The van der Waals surface area contributed by atoms with Crippen LogP contribution < -0.4 is 11.3 Å². The van der Waals surface area contributed by atoms with Crippen LogP contribution in [0.4, 0.5) is 5.69 Å². The van der Waals surface area contributed by atoms with Crippen LogP contribution >= 0.6 is 0 Å². The first-order valence-electron chi connectivity index (χ1n) is 6.53. The molecular weight excluding hydrogens is 268 g/mol. The normalized spacial score (nSPS) is 14.0. The van der Waals surface area contributed by atoms with Crippen molar-refractivity contribution in [2.45, 2.75) is 13.0 Å². The summed E-state index contributed by atoms with van der Waals surface area (Å²) in [6.07, 6.45) is 1.81. The van der Waals surface area contributed by atoms with Gasteiger partial charge in [0.15, 0.2) is 0 Å². The molecule has 2 heterocycles. The first-order valence-corrected chi connectivity index (χ1v) is 6.53. The molecule has 6 heteroatoms. The maximum absolute atomic E-state index is 12.4. The minimum atomic E-state index is -0.283. The quantitative estimate of drug-likeness (QED) is 0.500. The van der Waals surface area contributed by atoms with Crippen molar-refractivity contribution in [2.75, 3.05) is 5.43 Å². The standard InChI is InChI=1S/C15H14N4O2/c16-18-11-5-6-17-12(8-11)9-19-14(20)7-10-3-1-2-4-13(10)15(19)21/h1-6,8H,7,9,16H2,(H,17,18). The van der Waals surface area contributed by atoms with Crippen molar-refractivity contribution in [1.29, 1.82) is 0 Å². The van der Waals surface area contributed by atoms with E-state index in [1.165, 1.54) is 4.90 Å². The number of carbonyl (C=O) groups is 2. The second-order valence-corrected chi connectivity index (χ2v) is 4.80. The number of imide groups is 1. The number of hydrogen-bond donors (Lipinski definition) is 2. The Balaban J connectivity index is 1.89. The number of nitrogens with zero attached hydrogens (tertiary/aromatic N) is 2. The van der Waals surface area contributed by atoms with E-state index in [4.69, 9.17) is 5.84 Å². The Morgan fingerprint density at radius 2 is 2.05 bits per heavy atom. The van der Waals surface area contributed by atoms with Crippen LogP contribution in [0.1, 0.15) is 21.6 Å². The van der Waals surface area contributed by atoms with E-state index < -0.39 is 0 Å². The SMILES string of the molecule is NNc1ccnc(CN2C(=O)Cc3ccccc3C2=O)c1. The number of amides is 2. The van der Waals surface area contributed by atoms with Crippen LogP contribution in [0.25, 0.3) is 0 Å². The van der Waals surface area contributed by atoms with Crippen molar-refractivity contribution in [3.63, 3.8) is 0 Å². The Labute approximate surface area is 121 Å². The van der Waals surface area contributed by atoms with Gasteiger partial charge in [0.05, 0.1) is 24.3 Å². The molecule has 0 spiro atoms. The molecule has 0 fully saturated rings. The van der Waals surface area contributed by atoms with Crippen molar-refractivity contribution < 1.29 is 9.59 Å². The predicted octanol–water partition coefficient (Wildman–Crippen LogP) is 1.09. The van der Waals surface area contributed by atoms with Crippen molar-refractivity contribution in [1.82, 2.24) is 9.88 Å². The van der Waals surface area contributed by atoms with Crippen molar-refractivity contribution in [2.24, 2.45) is 5.84 Å². The molecule has 21 heavy (non-hydrogen) atoms. The van der Waals surface area contributed by atoms with E-state index in [0.29, 0.717) is 16.9 Å². The fraction of sp³-hybridized carbons (Fsp3) is 0.133. The summed E-state index contributed by atoms with van der Waals surface area (Å²) in [7, 11) is 0. The van der Waals surface area contributed by atoms with Crippen LogP contribution in [0.2, 0.25) is 0 Å². The monoisotopic (exact) mass is 282 g/mol. The zero-order chi connectivity index (χ0) is 14.8. The first-order chi connectivity index (χ1) is 10.2. The van der Waals surface area contributed by atoms with Gasteiger partial charge in [-0.2, -0.15) is 0 Å². The van der Waals surface area contributed by atoms with Gasteiger partial charge in [-0.15, -0.1) is 0 Å². The number of nitrogens with two attached hydrogens (primary N) is 1. The van der Waals surface area contributed by atoms with Gasteiger partial charge >= 0.3 is 0 Å². The van der Waals surface area contributed by atoms with Gasteiger partial charge in [0.25, 0.3) is 5.91 Å². The highest BCUT2D eigenvalue weighted by atomic mass is 16.2.